The summed E-state index contributed by atoms with van der Waals surface area (Å²) in [4.78, 5) is 28.3. The summed E-state index contributed by atoms with van der Waals surface area (Å²) < 4.78 is 10.7. The zero-order chi connectivity index (χ0) is 22.8. The van der Waals surface area contributed by atoms with Crippen LogP contribution >= 0.6 is 11.6 Å². The van der Waals surface area contributed by atoms with Crippen LogP contribution in [-0.4, -0.2) is 26.0 Å². The number of imide groups is 1. The summed E-state index contributed by atoms with van der Waals surface area (Å²) in [5, 5.41) is 3.71. The van der Waals surface area contributed by atoms with Crippen LogP contribution in [0.15, 0.2) is 72.4 Å². The van der Waals surface area contributed by atoms with Gasteiger partial charge in [-0.2, -0.15) is 0 Å². The van der Waals surface area contributed by atoms with E-state index in [-0.39, 0.29) is 11.3 Å². The first kappa shape index (κ1) is 21.5. The van der Waals surface area contributed by atoms with Crippen LogP contribution in [0.4, 0.5) is 11.4 Å². The van der Waals surface area contributed by atoms with Crippen LogP contribution in [0.25, 0.3) is 5.57 Å². The SMILES string of the molecule is COc1ccc(OC)c(N2C(=O)C(Nc3cccc(Cl)c3C)=C(c3ccccc3)C2=O)c1. The first-order chi connectivity index (χ1) is 15.5. The third-order valence-corrected chi connectivity index (χ3v) is 5.71. The first-order valence-electron chi connectivity index (χ1n) is 9.89. The smallest absolute Gasteiger partial charge is 0.282 e. The molecule has 3 aromatic rings. The predicted octanol–water partition coefficient (Wildman–Crippen LogP) is 5.06. The van der Waals surface area contributed by atoms with Gasteiger partial charge in [0.25, 0.3) is 11.8 Å². The molecular weight excluding hydrogens is 428 g/mol. The Morgan fingerprint density at radius 3 is 2.31 bits per heavy atom. The number of ether oxygens (including phenoxy) is 2. The number of benzene rings is 3. The molecule has 7 heteroatoms. The molecule has 0 fully saturated rings. The van der Waals surface area contributed by atoms with E-state index in [4.69, 9.17) is 21.1 Å². The molecule has 0 aliphatic carbocycles. The van der Waals surface area contributed by atoms with Crippen LogP contribution in [0.5, 0.6) is 11.5 Å². The van der Waals surface area contributed by atoms with Gasteiger partial charge in [0.2, 0.25) is 0 Å². The lowest BCUT2D eigenvalue weighted by atomic mass is 10.0. The summed E-state index contributed by atoms with van der Waals surface area (Å²) in [6.45, 7) is 1.84. The van der Waals surface area contributed by atoms with Crippen LogP contribution < -0.4 is 19.7 Å². The minimum atomic E-state index is -0.500. The Morgan fingerprint density at radius 2 is 1.62 bits per heavy atom. The van der Waals surface area contributed by atoms with Gasteiger partial charge in [0.1, 0.15) is 17.2 Å². The Balaban J connectivity index is 1.87. The molecule has 3 aromatic carbocycles. The van der Waals surface area contributed by atoms with E-state index < -0.39 is 11.8 Å². The van der Waals surface area contributed by atoms with Crippen molar-refractivity contribution in [2.45, 2.75) is 6.92 Å². The minimum absolute atomic E-state index is 0.163. The number of anilines is 2. The molecule has 0 saturated heterocycles. The van der Waals surface area contributed by atoms with Gasteiger partial charge in [-0.15, -0.1) is 0 Å². The van der Waals surface area contributed by atoms with Crippen molar-refractivity contribution in [1.29, 1.82) is 0 Å². The number of amides is 2. The molecule has 6 nitrogen and oxygen atoms in total. The van der Waals surface area contributed by atoms with Crippen molar-refractivity contribution in [3.8, 4) is 11.5 Å². The standard InChI is InChI=1S/C25H21ClN2O4/c1-15-18(26)10-7-11-19(15)27-23-22(16-8-5-4-6-9-16)24(29)28(25(23)30)20-14-17(31-2)12-13-21(20)32-3/h4-14,27H,1-3H3. The van der Waals surface area contributed by atoms with Crippen LogP contribution in [0.2, 0.25) is 5.02 Å². The number of rotatable bonds is 6. The molecule has 0 bridgehead atoms. The van der Waals surface area contributed by atoms with Crippen molar-refractivity contribution in [3.05, 3.63) is 88.6 Å². The maximum atomic E-state index is 13.6. The van der Waals surface area contributed by atoms with Gasteiger partial charge in [-0.05, 0) is 42.3 Å². The van der Waals surface area contributed by atoms with Crippen molar-refractivity contribution < 1.29 is 19.1 Å². The summed E-state index contributed by atoms with van der Waals surface area (Å²) in [6, 6.07) is 19.4. The Bertz CT molecular complexity index is 1240. The fourth-order valence-corrected chi connectivity index (χ4v) is 3.76. The van der Waals surface area contributed by atoms with Crippen LogP contribution in [0, 0.1) is 6.92 Å². The molecule has 32 heavy (non-hydrogen) atoms. The van der Waals surface area contributed by atoms with Gasteiger partial charge in [0.15, 0.2) is 0 Å². The Hall–Kier alpha value is -3.77. The number of methoxy groups -OCH3 is 2. The highest BCUT2D eigenvalue weighted by Gasteiger charge is 2.41. The van der Waals surface area contributed by atoms with E-state index >= 15 is 0 Å². The monoisotopic (exact) mass is 448 g/mol. The molecule has 1 heterocycles. The molecule has 1 aliphatic heterocycles. The summed E-state index contributed by atoms with van der Waals surface area (Å²) in [5.41, 5.74) is 2.76. The lowest BCUT2D eigenvalue weighted by molar-refractivity contribution is -0.120. The topological polar surface area (TPSA) is 67.9 Å². The van der Waals surface area contributed by atoms with E-state index in [9.17, 15) is 9.59 Å². The molecule has 0 unspecified atom stereocenters. The van der Waals surface area contributed by atoms with Crippen LogP contribution in [-0.2, 0) is 9.59 Å². The molecule has 2 amide bonds. The van der Waals surface area contributed by atoms with Crippen molar-refractivity contribution in [2.75, 3.05) is 24.4 Å². The quantitative estimate of drug-likeness (QED) is 0.534. The molecule has 1 N–H and O–H groups in total. The lowest BCUT2D eigenvalue weighted by Gasteiger charge is -2.19. The van der Waals surface area contributed by atoms with Gasteiger partial charge < -0.3 is 14.8 Å². The highest BCUT2D eigenvalue weighted by molar-refractivity contribution is 6.46. The molecular formula is C25H21ClN2O4. The number of carbonyl (C=O) groups is 2. The molecule has 162 valence electrons. The number of nitrogens with one attached hydrogen (secondary N) is 1. The second-order valence-corrected chi connectivity index (χ2v) is 7.54. The van der Waals surface area contributed by atoms with Gasteiger partial charge in [-0.1, -0.05) is 48.0 Å². The molecule has 0 saturated carbocycles. The van der Waals surface area contributed by atoms with E-state index in [1.165, 1.54) is 14.2 Å². The van der Waals surface area contributed by atoms with E-state index in [1.54, 1.807) is 42.5 Å². The molecule has 0 atom stereocenters. The van der Waals surface area contributed by atoms with Gasteiger partial charge >= 0.3 is 0 Å². The number of carbonyl (C=O) groups excluding carboxylic acids is 2. The predicted molar refractivity (Wildman–Crippen MR) is 125 cm³/mol. The average molecular weight is 449 g/mol. The van der Waals surface area contributed by atoms with Gasteiger partial charge in [0.05, 0.1) is 25.5 Å². The summed E-state index contributed by atoms with van der Waals surface area (Å²) in [7, 11) is 3.00. The van der Waals surface area contributed by atoms with Crippen molar-refractivity contribution >= 4 is 40.4 Å². The van der Waals surface area contributed by atoms with Crippen molar-refractivity contribution in [2.24, 2.45) is 0 Å². The van der Waals surface area contributed by atoms with Crippen LogP contribution in [0.1, 0.15) is 11.1 Å². The third kappa shape index (κ3) is 3.69. The Morgan fingerprint density at radius 1 is 0.875 bits per heavy atom. The maximum Gasteiger partial charge on any atom is 0.282 e. The van der Waals surface area contributed by atoms with E-state index in [1.807, 2.05) is 31.2 Å². The van der Waals surface area contributed by atoms with Gasteiger partial charge in [-0.25, -0.2) is 4.90 Å². The van der Waals surface area contributed by atoms with Gasteiger partial charge in [0, 0.05) is 16.8 Å². The zero-order valence-corrected chi connectivity index (χ0v) is 18.6. The maximum absolute atomic E-state index is 13.6. The molecule has 0 radical (unpaired) electrons. The first-order valence-corrected chi connectivity index (χ1v) is 10.3. The highest BCUT2D eigenvalue weighted by atomic mass is 35.5. The Kier molecular flexibility index (Phi) is 5.88. The van der Waals surface area contributed by atoms with Crippen molar-refractivity contribution in [1.82, 2.24) is 0 Å². The van der Waals surface area contributed by atoms with E-state index in [0.717, 1.165) is 10.5 Å². The fourth-order valence-electron chi connectivity index (χ4n) is 3.59. The summed E-state index contributed by atoms with van der Waals surface area (Å²) in [5.74, 6) is -0.0930. The number of halogens is 1. The Labute approximate surface area is 191 Å². The van der Waals surface area contributed by atoms with E-state index in [0.29, 0.717) is 33.5 Å². The highest BCUT2D eigenvalue weighted by Crippen LogP contribution is 2.40. The normalized spacial score (nSPS) is 13.6. The lowest BCUT2D eigenvalue weighted by Crippen LogP contribution is -2.32. The number of hydrogen-bond acceptors (Lipinski definition) is 5. The van der Waals surface area contributed by atoms with E-state index in [2.05, 4.69) is 5.32 Å². The molecule has 0 aromatic heterocycles. The second-order valence-electron chi connectivity index (χ2n) is 7.14. The second kappa shape index (κ2) is 8.77. The molecule has 1 aliphatic rings. The van der Waals surface area contributed by atoms with Crippen molar-refractivity contribution in [3.63, 3.8) is 0 Å². The molecule has 0 spiro atoms. The minimum Gasteiger partial charge on any atom is -0.497 e. The number of hydrogen-bond donors (Lipinski definition) is 1. The third-order valence-electron chi connectivity index (χ3n) is 5.30. The van der Waals surface area contributed by atoms with Gasteiger partial charge in [-0.3, -0.25) is 9.59 Å². The summed E-state index contributed by atoms with van der Waals surface area (Å²) >= 11 is 6.27. The fraction of sp³-hybridized carbons (Fsp3) is 0.120. The molecule has 4 rings (SSSR count). The largest absolute Gasteiger partial charge is 0.497 e. The van der Waals surface area contributed by atoms with Crippen LogP contribution in [0.3, 0.4) is 0 Å². The summed E-state index contributed by atoms with van der Waals surface area (Å²) in [6.07, 6.45) is 0. The number of nitrogens with zero attached hydrogens (tertiary/aromatic N) is 1. The zero-order valence-electron chi connectivity index (χ0n) is 17.8. The average Bonchev–Trinajstić information content (AvgIpc) is 3.06.